The molecule has 0 aliphatic rings. The molecule has 0 spiro atoms. The Bertz CT molecular complexity index is 689. The van der Waals surface area contributed by atoms with Crippen molar-refractivity contribution in [1.82, 2.24) is 0 Å². The SMILES string of the molecule is COC(=O)c1c(SC)c(C)c(-c2ccccc2)oc1=O. The van der Waals surface area contributed by atoms with Gasteiger partial charge in [0.25, 0.3) is 0 Å². The van der Waals surface area contributed by atoms with Crippen LogP contribution in [0.25, 0.3) is 11.3 Å². The number of carbonyl (C=O) groups excluding carboxylic acids is 1. The highest BCUT2D eigenvalue weighted by molar-refractivity contribution is 7.98. The number of hydrogen-bond acceptors (Lipinski definition) is 5. The van der Waals surface area contributed by atoms with Crippen LogP contribution in [-0.2, 0) is 4.74 Å². The minimum absolute atomic E-state index is 0.0443. The van der Waals surface area contributed by atoms with E-state index >= 15 is 0 Å². The number of ether oxygens (including phenoxy) is 1. The van der Waals surface area contributed by atoms with E-state index in [9.17, 15) is 9.59 Å². The first kappa shape index (κ1) is 14.4. The molecule has 20 heavy (non-hydrogen) atoms. The van der Waals surface area contributed by atoms with Crippen LogP contribution in [0.15, 0.2) is 44.4 Å². The van der Waals surface area contributed by atoms with Gasteiger partial charge in [-0.15, -0.1) is 11.8 Å². The molecule has 0 unspecified atom stereocenters. The maximum absolute atomic E-state index is 12.1. The second-order valence-corrected chi connectivity index (χ2v) is 4.93. The normalized spacial score (nSPS) is 10.3. The summed E-state index contributed by atoms with van der Waals surface area (Å²) in [4.78, 5) is 24.4. The monoisotopic (exact) mass is 290 g/mol. The lowest BCUT2D eigenvalue weighted by Gasteiger charge is -2.11. The molecule has 2 aromatic rings. The molecule has 0 bridgehead atoms. The van der Waals surface area contributed by atoms with E-state index in [-0.39, 0.29) is 5.56 Å². The van der Waals surface area contributed by atoms with Crippen molar-refractivity contribution in [3.8, 4) is 11.3 Å². The lowest BCUT2D eigenvalue weighted by molar-refractivity contribution is 0.0591. The van der Waals surface area contributed by atoms with Crippen molar-refractivity contribution in [3.63, 3.8) is 0 Å². The van der Waals surface area contributed by atoms with Crippen molar-refractivity contribution in [1.29, 1.82) is 0 Å². The Morgan fingerprint density at radius 2 is 1.90 bits per heavy atom. The van der Waals surface area contributed by atoms with Crippen LogP contribution < -0.4 is 5.63 Å². The zero-order valence-electron chi connectivity index (χ0n) is 11.4. The summed E-state index contributed by atoms with van der Waals surface area (Å²) in [5, 5.41) is 0. The first-order valence-electron chi connectivity index (χ1n) is 5.95. The number of methoxy groups -OCH3 is 1. The van der Waals surface area contributed by atoms with E-state index in [4.69, 9.17) is 4.42 Å². The highest BCUT2D eigenvalue weighted by atomic mass is 32.2. The van der Waals surface area contributed by atoms with Crippen LogP contribution in [0.1, 0.15) is 15.9 Å². The van der Waals surface area contributed by atoms with Gasteiger partial charge in [-0.2, -0.15) is 0 Å². The molecule has 2 rings (SSSR count). The largest absolute Gasteiger partial charge is 0.465 e. The topological polar surface area (TPSA) is 56.5 Å². The Morgan fingerprint density at radius 3 is 2.45 bits per heavy atom. The summed E-state index contributed by atoms with van der Waals surface area (Å²) in [6.07, 6.45) is 1.81. The van der Waals surface area contributed by atoms with Gasteiger partial charge in [-0.25, -0.2) is 9.59 Å². The van der Waals surface area contributed by atoms with Crippen molar-refractivity contribution in [2.75, 3.05) is 13.4 Å². The lowest BCUT2D eigenvalue weighted by atomic mass is 10.1. The van der Waals surface area contributed by atoms with Gasteiger partial charge in [0, 0.05) is 16.0 Å². The highest BCUT2D eigenvalue weighted by Gasteiger charge is 2.23. The molecule has 1 aromatic carbocycles. The van der Waals surface area contributed by atoms with Crippen LogP contribution in [0.4, 0.5) is 0 Å². The summed E-state index contributed by atoms with van der Waals surface area (Å²) in [5.41, 5.74) is 0.834. The molecule has 0 amide bonds. The van der Waals surface area contributed by atoms with E-state index in [1.165, 1.54) is 18.9 Å². The molecule has 0 radical (unpaired) electrons. The second kappa shape index (κ2) is 5.96. The predicted octanol–water partition coefficient (Wildman–Crippen LogP) is 3.12. The number of carbonyl (C=O) groups is 1. The van der Waals surface area contributed by atoms with Gasteiger partial charge in [-0.3, -0.25) is 0 Å². The maximum Gasteiger partial charge on any atom is 0.352 e. The fourth-order valence-electron chi connectivity index (χ4n) is 2.00. The predicted molar refractivity (Wildman–Crippen MR) is 78.3 cm³/mol. The Hall–Kier alpha value is -2.01. The number of thioether (sulfide) groups is 1. The van der Waals surface area contributed by atoms with Gasteiger partial charge in [0.1, 0.15) is 5.76 Å². The smallest absolute Gasteiger partial charge is 0.352 e. The third-order valence-electron chi connectivity index (χ3n) is 2.94. The molecule has 0 atom stereocenters. The molecular formula is C15H14O4S. The summed E-state index contributed by atoms with van der Waals surface area (Å²) in [6, 6.07) is 9.32. The number of esters is 1. The summed E-state index contributed by atoms with van der Waals surface area (Å²) >= 11 is 1.33. The summed E-state index contributed by atoms with van der Waals surface area (Å²) in [7, 11) is 1.24. The van der Waals surface area contributed by atoms with E-state index in [0.29, 0.717) is 10.7 Å². The second-order valence-electron chi connectivity index (χ2n) is 4.11. The average molecular weight is 290 g/mol. The maximum atomic E-state index is 12.1. The van der Waals surface area contributed by atoms with Crippen molar-refractivity contribution in [2.24, 2.45) is 0 Å². The average Bonchev–Trinajstić information content (AvgIpc) is 2.48. The van der Waals surface area contributed by atoms with E-state index in [1.54, 1.807) is 0 Å². The standard InChI is InChI=1S/C15H14O4S/c1-9-12(10-7-5-4-6-8-10)19-15(17)11(13(9)20-3)14(16)18-2/h4-8H,1-3H3. The zero-order chi connectivity index (χ0) is 14.7. The molecule has 0 N–H and O–H groups in total. The van der Waals surface area contributed by atoms with E-state index in [1.807, 2.05) is 43.5 Å². The van der Waals surface area contributed by atoms with Gasteiger partial charge >= 0.3 is 11.6 Å². The Labute approximate surface area is 120 Å². The molecule has 0 saturated carbocycles. The molecule has 0 saturated heterocycles. The summed E-state index contributed by atoms with van der Waals surface area (Å²) in [5.74, 6) is -0.196. The van der Waals surface area contributed by atoms with Crippen LogP contribution in [0.5, 0.6) is 0 Å². The van der Waals surface area contributed by atoms with Crippen LogP contribution in [0.2, 0.25) is 0 Å². The highest BCUT2D eigenvalue weighted by Crippen LogP contribution is 2.31. The molecule has 0 fully saturated rings. The van der Waals surface area contributed by atoms with E-state index < -0.39 is 11.6 Å². The van der Waals surface area contributed by atoms with Crippen LogP contribution in [0.3, 0.4) is 0 Å². The van der Waals surface area contributed by atoms with Crippen LogP contribution >= 0.6 is 11.8 Å². The van der Waals surface area contributed by atoms with Gasteiger partial charge in [0.15, 0.2) is 5.56 Å². The van der Waals surface area contributed by atoms with Crippen LogP contribution in [-0.4, -0.2) is 19.3 Å². The quantitative estimate of drug-likeness (QED) is 0.642. The third-order valence-corrected chi connectivity index (χ3v) is 3.86. The van der Waals surface area contributed by atoms with Crippen LogP contribution in [0, 0.1) is 6.92 Å². The number of hydrogen-bond donors (Lipinski definition) is 0. The summed E-state index contributed by atoms with van der Waals surface area (Å²) < 4.78 is 9.97. The van der Waals surface area contributed by atoms with Crippen molar-refractivity contribution in [3.05, 3.63) is 51.9 Å². The molecule has 0 aliphatic carbocycles. The van der Waals surface area contributed by atoms with Crippen molar-refractivity contribution < 1.29 is 13.9 Å². The van der Waals surface area contributed by atoms with Gasteiger partial charge < -0.3 is 9.15 Å². The minimum Gasteiger partial charge on any atom is -0.465 e. The lowest BCUT2D eigenvalue weighted by Crippen LogP contribution is -2.18. The summed E-state index contributed by atoms with van der Waals surface area (Å²) in [6.45, 7) is 1.82. The Morgan fingerprint density at radius 1 is 1.25 bits per heavy atom. The molecule has 4 nitrogen and oxygen atoms in total. The van der Waals surface area contributed by atoms with Gasteiger partial charge in [0.2, 0.25) is 0 Å². The molecule has 0 aliphatic heterocycles. The first-order chi connectivity index (χ1) is 9.60. The zero-order valence-corrected chi connectivity index (χ0v) is 12.2. The number of benzene rings is 1. The van der Waals surface area contributed by atoms with Crippen molar-refractivity contribution >= 4 is 17.7 Å². The molecule has 104 valence electrons. The van der Waals surface area contributed by atoms with Gasteiger partial charge in [-0.1, -0.05) is 30.3 Å². The Balaban J connectivity index is 2.73. The van der Waals surface area contributed by atoms with E-state index in [2.05, 4.69) is 4.74 Å². The fourth-order valence-corrected chi connectivity index (χ4v) is 2.77. The minimum atomic E-state index is -0.675. The van der Waals surface area contributed by atoms with Gasteiger partial charge in [-0.05, 0) is 13.2 Å². The number of rotatable bonds is 3. The fraction of sp³-hybridized carbons (Fsp3) is 0.200. The molecule has 5 heteroatoms. The van der Waals surface area contributed by atoms with E-state index in [0.717, 1.165) is 11.1 Å². The third kappa shape index (κ3) is 2.49. The first-order valence-corrected chi connectivity index (χ1v) is 7.18. The Kier molecular flexibility index (Phi) is 4.29. The van der Waals surface area contributed by atoms with Crippen molar-refractivity contribution in [2.45, 2.75) is 11.8 Å². The molecule has 1 aromatic heterocycles. The molecular weight excluding hydrogens is 276 g/mol. The molecule has 1 heterocycles. The van der Waals surface area contributed by atoms with Gasteiger partial charge in [0.05, 0.1) is 7.11 Å².